The zero-order chi connectivity index (χ0) is 13.7. The molecule has 0 heterocycles. The maximum absolute atomic E-state index is 9.52. The predicted molar refractivity (Wildman–Crippen MR) is 74.9 cm³/mol. The van der Waals surface area contributed by atoms with Gasteiger partial charge in [0, 0.05) is 7.11 Å². The van der Waals surface area contributed by atoms with Gasteiger partial charge in [0.05, 0.1) is 18.3 Å². The van der Waals surface area contributed by atoms with Crippen molar-refractivity contribution in [3.05, 3.63) is 0 Å². The largest absolute Gasteiger partial charge is 0.420 e. The van der Waals surface area contributed by atoms with E-state index in [1.165, 1.54) is 0 Å². The van der Waals surface area contributed by atoms with Gasteiger partial charge in [-0.05, 0) is 45.3 Å². The third kappa shape index (κ3) is 6.55. The number of rotatable bonds is 8. The summed E-state index contributed by atoms with van der Waals surface area (Å²) in [6.07, 6.45) is 1.36. The molecule has 2 unspecified atom stereocenters. The highest BCUT2D eigenvalue weighted by Crippen LogP contribution is 2.32. The average Bonchev–Trinajstić information content (AvgIpc) is 2.25. The second-order valence-corrected chi connectivity index (χ2v) is 10.6. The summed E-state index contributed by atoms with van der Waals surface area (Å²) >= 11 is 0. The van der Waals surface area contributed by atoms with E-state index in [2.05, 4.69) is 33.9 Å². The Bertz CT molecular complexity index is 217. The Morgan fingerprint density at radius 2 is 1.82 bits per heavy atom. The van der Waals surface area contributed by atoms with Gasteiger partial charge in [-0.25, -0.2) is 0 Å². The Balaban J connectivity index is 4.24. The number of ether oxygens (including phenoxy) is 1. The van der Waals surface area contributed by atoms with Crippen LogP contribution < -0.4 is 0 Å². The summed E-state index contributed by atoms with van der Waals surface area (Å²) in [5, 5.41) is 9.52. The van der Waals surface area contributed by atoms with Crippen molar-refractivity contribution in [2.75, 3.05) is 13.7 Å². The predicted octanol–water partition coefficient (Wildman–Crippen LogP) is 3.18. The number of hydrogen-bond acceptors (Lipinski definition) is 3. The molecule has 1 N–H and O–H groups in total. The van der Waals surface area contributed by atoms with Crippen molar-refractivity contribution in [3.63, 3.8) is 0 Å². The van der Waals surface area contributed by atoms with Crippen LogP contribution >= 0.6 is 0 Å². The first-order valence-electron chi connectivity index (χ1n) is 6.51. The Morgan fingerprint density at radius 3 is 2.24 bits per heavy atom. The molecule has 0 spiro atoms. The zero-order valence-electron chi connectivity index (χ0n) is 12.5. The average molecular weight is 262 g/mol. The third-order valence-corrected chi connectivity index (χ3v) is 7.28. The molecule has 3 nitrogen and oxygen atoms in total. The van der Waals surface area contributed by atoms with Crippen molar-refractivity contribution in [2.45, 2.75) is 70.9 Å². The van der Waals surface area contributed by atoms with Crippen LogP contribution in [0.5, 0.6) is 0 Å². The molecule has 4 heteroatoms. The summed E-state index contributed by atoms with van der Waals surface area (Å²) in [7, 11) is 0.206. The highest BCUT2D eigenvalue weighted by molar-refractivity contribution is 6.72. The van der Waals surface area contributed by atoms with Crippen LogP contribution in [0.25, 0.3) is 0 Å². The van der Waals surface area contributed by atoms with Gasteiger partial charge in [0.1, 0.15) is 0 Å². The lowest BCUT2D eigenvalue weighted by molar-refractivity contribution is -0.0646. The molecule has 0 aromatic rings. The van der Waals surface area contributed by atoms with Gasteiger partial charge < -0.3 is 14.3 Å². The van der Waals surface area contributed by atoms with Crippen molar-refractivity contribution in [1.82, 2.24) is 0 Å². The van der Waals surface area contributed by atoms with Crippen molar-refractivity contribution >= 4 is 8.32 Å². The summed E-state index contributed by atoms with van der Waals surface area (Å²) in [6, 6.07) is 0. The van der Waals surface area contributed by atoms with Gasteiger partial charge in [-0.2, -0.15) is 0 Å². The highest BCUT2D eigenvalue weighted by atomic mass is 28.4. The Labute approximate surface area is 108 Å². The monoisotopic (exact) mass is 262 g/mol. The SMILES string of the molecule is CCC(O)COC(C)(C)CC(C)[Si](C)(C)OC. The summed E-state index contributed by atoms with van der Waals surface area (Å²) in [6.45, 7) is 13.3. The minimum Gasteiger partial charge on any atom is -0.420 e. The van der Waals surface area contributed by atoms with E-state index in [0.29, 0.717) is 12.1 Å². The Hall–Kier alpha value is 0.0969. The first-order chi connectivity index (χ1) is 7.64. The van der Waals surface area contributed by atoms with E-state index in [-0.39, 0.29) is 11.7 Å². The van der Waals surface area contributed by atoms with E-state index in [0.717, 1.165) is 12.8 Å². The van der Waals surface area contributed by atoms with Crippen LogP contribution in [0.1, 0.15) is 40.5 Å². The molecular formula is C13H30O3Si. The van der Waals surface area contributed by atoms with E-state index < -0.39 is 8.32 Å². The van der Waals surface area contributed by atoms with Gasteiger partial charge in [0.15, 0.2) is 8.32 Å². The van der Waals surface area contributed by atoms with Crippen molar-refractivity contribution in [2.24, 2.45) is 0 Å². The molecule has 0 aromatic carbocycles. The standard InChI is InChI=1S/C13H30O3Si/c1-8-12(14)10-16-13(3,4)9-11(2)17(6,7)15-5/h11-12,14H,8-10H2,1-7H3. The summed E-state index contributed by atoms with van der Waals surface area (Å²) in [5.41, 5.74) is 0.333. The normalized spacial score (nSPS) is 16.9. The van der Waals surface area contributed by atoms with E-state index in [9.17, 15) is 5.11 Å². The maximum Gasteiger partial charge on any atom is 0.189 e. The molecule has 17 heavy (non-hydrogen) atoms. The summed E-state index contributed by atoms with van der Waals surface area (Å²) in [5.74, 6) is 0. The van der Waals surface area contributed by atoms with Gasteiger partial charge in [0.25, 0.3) is 0 Å². The molecule has 0 amide bonds. The third-order valence-electron chi connectivity index (χ3n) is 3.65. The fourth-order valence-corrected chi connectivity index (χ4v) is 3.07. The molecular weight excluding hydrogens is 232 g/mol. The van der Waals surface area contributed by atoms with E-state index in [4.69, 9.17) is 9.16 Å². The highest BCUT2D eigenvalue weighted by Gasteiger charge is 2.34. The lowest BCUT2D eigenvalue weighted by atomic mass is 10.0. The Morgan fingerprint density at radius 1 is 1.29 bits per heavy atom. The van der Waals surface area contributed by atoms with Crippen LogP contribution in [-0.2, 0) is 9.16 Å². The molecule has 0 aliphatic rings. The lowest BCUT2D eigenvalue weighted by Gasteiger charge is -2.35. The van der Waals surface area contributed by atoms with Gasteiger partial charge >= 0.3 is 0 Å². The quantitative estimate of drug-likeness (QED) is 0.683. The topological polar surface area (TPSA) is 38.7 Å². The molecule has 0 fully saturated rings. The Kier molecular flexibility index (Phi) is 6.92. The first kappa shape index (κ1) is 17.1. The molecule has 0 rings (SSSR count). The van der Waals surface area contributed by atoms with E-state index in [1.807, 2.05) is 6.92 Å². The number of hydrogen-bond donors (Lipinski definition) is 1. The second kappa shape index (κ2) is 6.88. The molecule has 0 saturated heterocycles. The summed E-state index contributed by atoms with van der Waals surface area (Å²) in [4.78, 5) is 0. The molecule has 0 aliphatic heterocycles. The van der Waals surface area contributed by atoms with E-state index in [1.54, 1.807) is 7.11 Å². The molecule has 0 saturated carbocycles. The van der Waals surface area contributed by atoms with Crippen LogP contribution in [0.3, 0.4) is 0 Å². The van der Waals surface area contributed by atoms with Crippen LogP contribution in [0, 0.1) is 0 Å². The van der Waals surface area contributed by atoms with Crippen LogP contribution in [0.15, 0.2) is 0 Å². The minimum absolute atomic E-state index is 0.196. The second-order valence-electron chi connectivity index (χ2n) is 6.05. The van der Waals surface area contributed by atoms with Crippen molar-refractivity contribution in [3.8, 4) is 0 Å². The van der Waals surface area contributed by atoms with Crippen molar-refractivity contribution in [1.29, 1.82) is 0 Å². The molecule has 0 aliphatic carbocycles. The number of aliphatic hydroxyl groups is 1. The molecule has 0 aromatic heterocycles. The lowest BCUT2D eigenvalue weighted by Crippen LogP contribution is -2.39. The van der Waals surface area contributed by atoms with Crippen LogP contribution in [0.4, 0.5) is 0 Å². The smallest absolute Gasteiger partial charge is 0.189 e. The van der Waals surface area contributed by atoms with Gasteiger partial charge in [0.2, 0.25) is 0 Å². The summed E-state index contributed by atoms with van der Waals surface area (Å²) < 4.78 is 11.4. The van der Waals surface area contributed by atoms with Crippen LogP contribution in [-0.4, -0.2) is 38.8 Å². The zero-order valence-corrected chi connectivity index (χ0v) is 13.5. The fourth-order valence-electron chi connectivity index (χ4n) is 1.68. The van der Waals surface area contributed by atoms with Crippen LogP contribution in [0.2, 0.25) is 18.6 Å². The van der Waals surface area contributed by atoms with Gasteiger partial charge in [-0.3, -0.25) is 0 Å². The molecule has 0 radical (unpaired) electrons. The fraction of sp³-hybridized carbons (Fsp3) is 1.00. The first-order valence-corrected chi connectivity index (χ1v) is 9.50. The van der Waals surface area contributed by atoms with Gasteiger partial charge in [-0.1, -0.05) is 13.8 Å². The molecule has 2 atom stereocenters. The number of aliphatic hydroxyl groups excluding tert-OH is 1. The maximum atomic E-state index is 9.52. The van der Waals surface area contributed by atoms with E-state index >= 15 is 0 Å². The van der Waals surface area contributed by atoms with Gasteiger partial charge in [-0.15, -0.1) is 0 Å². The molecule has 104 valence electrons. The van der Waals surface area contributed by atoms with Crippen molar-refractivity contribution < 1.29 is 14.3 Å². The minimum atomic E-state index is -1.60. The molecule has 0 bridgehead atoms.